The van der Waals surface area contributed by atoms with Crippen LogP contribution in [0.1, 0.15) is 36.1 Å². The standard InChI is InChI=1S/C92H58F8N4/c1-91(79-51-83(101(63-35-19-55(93)20-36-63)64-37-21-56(94)22-38-64)71-11-3-7-15-75(71)87(79)88-76-16-8-4-12-72(76)84(52-80(88)91)102(65-39-23-57(95)24-40-65)66-41-25-58(96)26-42-66)92(2)81-53-85(103(67-43-27-59(97)28-44-67)68-45-29-60(98)30-46-68)73-13-5-9-17-77(73)89(81)90-78-18-10-6-14-74(78)86(54-82(90)92)104(69-47-31-61(99)32-48-69)70-49-33-62(100)34-50-70/h3-54H,1-2H3. The molecule has 0 radical (unpaired) electrons. The van der Waals surface area contributed by atoms with Gasteiger partial charge in [0.15, 0.2) is 0 Å². The number of halogens is 8. The van der Waals surface area contributed by atoms with Crippen molar-refractivity contribution in [3.05, 3.63) is 384 Å². The van der Waals surface area contributed by atoms with Crippen LogP contribution in [-0.2, 0) is 10.8 Å². The molecule has 0 saturated heterocycles. The van der Waals surface area contributed by atoms with E-state index in [0.717, 1.165) is 87.6 Å². The summed E-state index contributed by atoms with van der Waals surface area (Å²) in [6, 6.07) is 91.5. The minimum absolute atomic E-state index is 0.451. The Morgan fingerprint density at radius 2 is 0.317 bits per heavy atom. The minimum Gasteiger partial charge on any atom is -0.310 e. The molecule has 18 rings (SSSR count). The molecule has 2 aliphatic rings. The number of anilines is 12. The molecule has 16 aromatic carbocycles. The van der Waals surface area contributed by atoms with Gasteiger partial charge in [0.25, 0.3) is 0 Å². The van der Waals surface area contributed by atoms with Crippen LogP contribution in [0.3, 0.4) is 0 Å². The van der Waals surface area contributed by atoms with Gasteiger partial charge in [0.1, 0.15) is 46.5 Å². The molecule has 502 valence electrons. The maximum atomic E-state index is 15.5. The van der Waals surface area contributed by atoms with Crippen molar-refractivity contribution in [2.24, 2.45) is 0 Å². The highest BCUT2D eigenvalue weighted by molar-refractivity contribution is 6.21. The zero-order valence-electron chi connectivity index (χ0n) is 55.8. The lowest BCUT2D eigenvalue weighted by atomic mass is 9.56. The molecule has 104 heavy (non-hydrogen) atoms. The second-order valence-corrected chi connectivity index (χ2v) is 26.9. The number of nitrogens with zero attached hydrogens (tertiary/aromatic N) is 4. The molecule has 0 saturated carbocycles. The summed E-state index contributed by atoms with van der Waals surface area (Å²) in [5.74, 6) is -3.61. The summed E-state index contributed by atoms with van der Waals surface area (Å²) in [4.78, 5) is 8.12. The van der Waals surface area contributed by atoms with E-state index in [-0.39, 0.29) is 0 Å². The lowest BCUT2D eigenvalue weighted by Gasteiger charge is -2.46. The number of hydrogen-bond donors (Lipinski definition) is 0. The molecule has 0 fully saturated rings. The van der Waals surface area contributed by atoms with Crippen LogP contribution in [0, 0.1) is 46.5 Å². The van der Waals surface area contributed by atoms with Crippen LogP contribution in [0.5, 0.6) is 0 Å². The Morgan fingerprint density at radius 1 is 0.183 bits per heavy atom. The van der Waals surface area contributed by atoms with Crippen molar-refractivity contribution in [1.82, 2.24) is 0 Å². The topological polar surface area (TPSA) is 13.0 Å². The normalized spacial score (nSPS) is 13.1. The van der Waals surface area contributed by atoms with Gasteiger partial charge >= 0.3 is 0 Å². The second kappa shape index (κ2) is 24.5. The van der Waals surface area contributed by atoms with E-state index in [1.54, 1.807) is 97.1 Å². The van der Waals surface area contributed by atoms with E-state index in [1.165, 1.54) is 97.1 Å². The van der Waals surface area contributed by atoms with E-state index in [4.69, 9.17) is 0 Å². The maximum Gasteiger partial charge on any atom is 0.123 e. The van der Waals surface area contributed by atoms with E-state index in [1.807, 2.05) is 68.1 Å². The Hall–Kier alpha value is -12.8. The van der Waals surface area contributed by atoms with Crippen LogP contribution in [0.15, 0.2) is 315 Å². The van der Waals surface area contributed by atoms with Gasteiger partial charge in [-0.25, -0.2) is 35.1 Å². The largest absolute Gasteiger partial charge is 0.310 e. The van der Waals surface area contributed by atoms with Crippen LogP contribution in [-0.4, -0.2) is 0 Å². The summed E-state index contributed by atoms with van der Waals surface area (Å²) in [7, 11) is 0. The smallest absolute Gasteiger partial charge is 0.123 e. The third kappa shape index (κ3) is 9.94. The third-order valence-electron chi connectivity index (χ3n) is 21.4. The Balaban J connectivity index is 1.06. The molecule has 0 aromatic heterocycles. The molecular weight excluding hydrogens is 1310 g/mol. The Labute approximate surface area is 594 Å². The maximum absolute atomic E-state index is 15.5. The molecule has 4 nitrogen and oxygen atoms in total. The Bertz CT molecular complexity index is 5160. The second-order valence-electron chi connectivity index (χ2n) is 26.9. The fourth-order valence-corrected chi connectivity index (χ4v) is 16.6. The van der Waals surface area contributed by atoms with Crippen molar-refractivity contribution in [3.63, 3.8) is 0 Å². The molecule has 0 N–H and O–H groups in total. The van der Waals surface area contributed by atoms with Crippen LogP contribution in [0.25, 0.3) is 65.3 Å². The van der Waals surface area contributed by atoms with Crippen molar-refractivity contribution in [2.75, 3.05) is 19.6 Å². The van der Waals surface area contributed by atoms with Gasteiger partial charge in [-0.3, -0.25) is 0 Å². The van der Waals surface area contributed by atoms with Crippen LogP contribution < -0.4 is 19.6 Å². The Kier molecular flexibility index (Phi) is 14.9. The highest BCUT2D eigenvalue weighted by Gasteiger charge is 2.60. The van der Waals surface area contributed by atoms with Gasteiger partial charge in [-0.2, -0.15) is 0 Å². The lowest BCUT2D eigenvalue weighted by Crippen LogP contribution is -2.44. The predicted molar refractivity (Wildman–Crippen MR) is 405 cm³/mol. The molecule has 0 aliphatic heterocycles. The number of hydrogen-bond acceptors (Lipinski definition) is 4. The minimum atomic E-state index is -1.35. The third-order valence-corrected chi connectivity index (χ3v) is 21.4. The fourth-order valence-electron chi connectivity index (χ4n) is 16.6. The predicted octanol–water partition coefficient (Wildman–Crippen LogP) is 26.6. The average molecular weight is 1370 g/mol. The Morgan fingerprint density at radius 3 is 0.462 bits per heavy atom. The van der Waals surface area contributed by atoms with Crippen LogP contribution in [0.4, 0.5) is 103 Å². The van der Waals surface area contributed by atoms with Gasteiger partial charge < -0.3 is 19.6 Å². The highest BCUT2D eigenvalue weighted by atomic mass is 19.2. The summed E-state index contributed by atoms with van der Waals surface area (Å²) in [6.45, 7) is 4.57. The van der Waals surface area contributed by atoms with Gasteiger partial charge in [-0.05, 0) is 284 Å². The van der Waals surface area contributed by atoms with Crippen molar-refractivity contribution < 1.29 is 35.1 Å². The SMILES string of the molecule is CC1(C2(C)c3cc(N(c4ccc(F)cc4)c4ccc(F)cc4)c4ccccc4c3-c3c2cc(N(c2ccc(F)cc2)c2ccc(F)cc2)c2ccccc32)c2cc(N(c3ccc(F)cc3)c3ccc(F)cc3)c3ccccc3c2-c2c1cc(N(c1ccc(F)cc1)c1ccc(F)cc1)c1ccccc21. The van der Waals surface area contributed by atoms with Gasteiger partial charge in [-0.15, -0.1) is 0 Å². The van der Waals surface area contributed by atoms with E-state index in [9.17, 15) is 0 Å². The number of benzene rings is 16. The first-order valence-electron chi connectivity index (χ1n) is 34.1. The van der Waals surface area contributed by atoms with Crippen LogP contribution in [0.2, 0.25) is 0 Å². The van der Waals surface area contributed by atoms with Gasteiger partial charge in [0, 0.05) is 77.9 Å². The first kappa shape index (κ1) is 63.4. The van der Waals surface area contributed by atoms with Crippen molar-refractivity contribution in [2.45, 2.75) is 24.7 Å². The monoisotopic (exact) mass is 1370 g/mol. The number of fused-ring (bicyclic) bond motifs is 14. The molecular formula is C92H58F8N4. The quantitative estimate of drug-likeness (QED) is 0.107. The summed E-state index contributed by atoms with van der Waals surface area (Å²) < 4.78 is 124. The summed E-state index contributed by atoms with van der Waals surface area (Å²) in [6.07, 6.45) is 0. The highest BCUT2D eigenvalue weighted by Crippen LogP contribution is 2.71. The molecule has 0 atom stereocenters. The zero-order valence-corrected chi connectivity index (χ0v) is 55.8. The molecule has 12 heteroatoms. The van der Waals surface area contributed by atoms with Crippen molar-refractivity contribution >= 4 is 111 Å². The lowest BCUT2D eigenvalue weighted by molar-refractivity contribution is 0.377. The average Bonchev–Trinajstić information content (AvgIpc) is 1.48. The van der Waals surface area contributed by atoms with Gasteiger partial charge in [-0.1, -0.05) is 111 Å². The molecule has 2 aliphatic carbocycles. The number of rotatable bonds is 13. The molecule has 0 bridgehead atoms. The first-order chi connectivity index (χ1) is 50.6. The van der Waals surface area contributed by atoms with E-state index in [0.29, 0.717) is 68.2 Å². The molecule has 0 unspecified atom stereocenters. The molecule has 16 aromatic rings. The first-order valence-corrected chi connectivity index (χ1v) is 34.1. The van der Waals surface area contributed by atoms with Crippen molar-refractivity contribution in [1.29, 1.82) is 0 Å². The molecule has 0 heterocycles. The summed E-state index contributed by atoms with van der Waals surface area (Å²) in [5, 5.41) is 6.64. The van der Waals surface area contributed by atoms with Gasteiger partial charge in [0.2, 0.25) is 0 Å². The summed E-state index contributed by atoms with van der Waals surface area (Å²) >= 11 is 0. The molecule has 0 amide bonds. The van der Waals surface area contributed by atoms with E-state index < -0.39 is 57.4 Å². The molecule has 0 spiro atoms. The van der Waals surface area contributed by atoms with E-state index in [2.05, 4.69) is 86.6 Å². The van der Waals surface area contributed by atoms with Crippen molar-refractivity contribution in [3.8, 4) is 22.3 Å². The fraction of sp³-hybridized carbons (Fsp3) is 0.0435. The zero-order chi connectivity index (χ0) is 70.9. The van der Waals surface area contributed by atoms with Gasteiger partial charge in [0.05, 0.1) is 22.7 Å². The summed E-state index contributed by atoms with van der Waals surface area (Å²) in [5.41, 5.74) is 11.7. The van der Waals surface area contributed by atoms with Crippen LogP contribution >= 0.6 is 0 Å². The van der Waals surface area contributed by atoms with E-state index >= 15 is 35.1 Å².